The van der Waals surface area contributed by atoms with Crippen LogP contribution in [-0.4, -0.2) is 18.5 Å². The summed E-state index contributed by atoms with van der Waals surface area (Å²) >= 11 is 6.31. The third-order valence-electron chi connectivity index (χ3n) is 3.50. The van der Waals surface area contributed by atoms with Crippen molar-refractivity contribution in [2.45, 2.75) is 89.4 Å². The molecule has 3 heteroatoms. The van der Waals surface area contributed by atoms with E-state index in [1.54, 1.807) is 0 Å². The first kappa shape index (κ1) is 18.8. The number of ether oxygens (including phenoxy) is 1. The minimum absolute atomic E-state index is 0.0951. The van der Waals surface area contributed by atoms with Crippen LogP contribution in [0.1, 0.15) is 84.0 Å². The van der Waals surface area contributed by atoms with Gasteiger partial charge in [0.15, 0.2) is 0 Å². The van der Waals surface area contributed by atoms with Crippen LogP contribution in [0.4, 0.5) is 0 Å². The summed E-state index contributed by atoms with van der Waals surface area (Å²) in [7, 11) is 1.45. The first-order chi connectivity index (χ1) is 9.20. The summed E-state index contributed by atoms with van der Waals surface area (Å²) in [6, 6.07) is 0. The van der Waals surface area contributed by atoms with Crippen LogP contribution in [0.15, 0.2) is 0 Å². The summed E-state index contributed by atoms with van der Waals surface area (Å²) in [5, 5.41) is 0.349. The molecule has 0 bridgehead atoms. The van der Waals surface area contributed by atoms with Gasteiger partial charge in [-0.1, -0.05) is 58.3 Å². The summed E-state index contributed by atoms with van der Waals surface area (Å²) in [5.41, 5.74) is 0. The number of methoxy groups -OCH3 is 1. The zero-order chi connectivity index (χ0) is 14.3. The van der Waals surface area contributed by atoms with E-state index in [2.05, 4.69) is 11.7 Å². The van der Waals surface area contributed by atoms with Gasteiger partial charge in [-0.15, -0.1) is 11.6 Å². The molecular weight excluding hydrogens is 260 g/mol. The predicted molar refractivity (Wildman–Crippen MR) is 82.7 cm³/mol. The number of esters is 1. The number of unbranched alkanes of at least 4 members (excludes halogenated alkanes) is 7. The maximum Gasteiger partial charge on any atom is 0.305 e. The Hall–Kier alpha value is -0.240. The Labute approximate surface area is 124 Å². The number of carbonyl (C=O) groups is 1. The van der Waals surface area contributed by atoms with E-state index in [0.29, 0.717) is 11.8 Å². The van der Waals surface area contributed by atoms with Gasteiger partial charge in [0.1, 0.15) is 0 Å². The molecule has 0 heterocycles. The van der Waals surface area contributed by atoms with E-state index in [9.17, 15) is 4.79 Å². The average Bonchev–Trinajstić information content (AvgIpc) is 2.42. The van der Waals surface area contributed by atoms with Gasteiger partial charge < -0.3 is 4.74 Å². The second-order valence-corrected chi connectivity index (χ2v) is 5.95. The second kappa shape index (κ2) is 14.2. The first-order valence-electron chi connectivity index (χ1n) is 7.91. The smallest absolute Gasteiger partial charge is 0.305 e. The van der Waals surface area contributed by atoms with Gasteiger partial charge in [0, 0.05) is 11.8 Å². The Kier molecular flexibility index (Phi) is 14.0. The molecule has 0 radical (unpaired) electrons. The highest BCUT2D eigenvalue weighted by molar-refractivity contribution is 6.20. The van der Waals surface area contributed by atoms with Crippen molar-refractivity contribution in [1.82, 2.24) is 0 Å². The lowest BCUT2D eigenvalue weighted by Gasteiger charge is -2.09. The predicted octanol–water partition coefficient (Wildman–Crippen LogP) is 5.47. The van der Waals surface area contributed by atoms with E-state index in [-0.39, 0.29) is 5.97 Å². The van der Waals surface area contributed by atoms with Gasteiger partial charge in [0.2, 0.25) is 0 Å². The molecule has 0 aromatic heterocycles. The summed E-state index contributed by atoms with van der Waals surface area (Å²) in [6.45, 7) is 2.24. The third-order valence-corrected chi connectivity index (χ3v) is 3.93. The molecule has 114 valence electrons. The molecule has 0 spiro atoms. The molecule has 0 rings (SSSR count). The van der Waals surface area contributed by atoms with Crippen LogP contribution in [0.5, 0.6) is 0 Å². The van der Waals surface area contributed by atoms with Crippen molar-refractivity contribution in [3.8, 4) is 0 Å². The average molecular weight is 291 g/mol. The van der Waals surface area contributed by atoms with Crippen LogP contribution in [0.25, 0.3) is 0 Å². The van der Waals surface area contributed by atoms with E-state index in [1.165, 1.54) is 52.1 Å². The molecule has 19 heavy (non-hydrogen) atoms. The summed E-state index contributed by atoms with van der Waals surface area (Å²) < 4.78 is 4.61. The molecule has 0 saturated heterocycles. The quantitative estimate of drug-likeness (QED) is 0.255. The van der Waals surface area contributed by atoms with Crippen molar-refractivity contribution in [1.29, 1.82) is 0 Å². The van der Waals surface area contributed by atoms with Crippen molar-refractivity contribution < 1.29 is 9.53 Å². The molecule has 0 N–H and O–H groups in total. The molecule has 0 fully saturated rings. The van der Waals surface area contributed by atoms with Crippen LogP contribution in [0, 0.1) is 0 Å². The molecule has 0 aliphatic rings. The van der Waals surface area contributed by atoms with Gasteiger partial charge in [0.25, 0.3) is 0 Å². The Balaban J connectivity index is 3.20. The number of carbonyl (C=O) groups excluding carboxylic acids is 1. The zero-order valence-electron chi connectivity index (χ0n) is 12.8. The normalized spacial score (nSPS) is 12.4. The molecule has 1 atom stereocenters. The van der Waals surface area contributed by atoms with Crippen LogP contribution in [0.3, 0.4) is 0 Å². The van der Waals surface area contributed by atoms with Gasteiger partial charge in [-0.25, -0.2) is 0 Å². The highest BCUT2D eigenvalue weighted by Crippen LogP contribution is 2.17. The Morgan fingerprint density at radius 1 is 0.947 bits per heavy atom. The van der Waals surface area contributed by atoms with E-state index in [4.69, 9.17) is 11.6 Å². The molecule has 2 nitrogen and oxygen atoms in total. The highest BCUT2D eigenvalue weighted by Gasteiger charge is 2.04. The molecule has 0 amide bonds. The number of halogens is 1. The largest absolute Gasteiger partial charge is 0.469 e. The van der Waals surface area contributed by atoms with Gasteiger partial charge in [0.05, 0.1) is 7.11 Å². The lowest BCUT2D eigenvalue weighted by Crippen LogP contribution is -2.00. The number of rotatable bonds is 13. The van der Waals surface area contributed by atoms with Gasteiger partial charge >= 0.3 is 5.97 Å². The van der Waals surface area contributed by atoms with Crippen molar-refractivity contribution in [3.63, 3.8) is 0 Å². The maximum absolute atomic E-state index is 10.9. The summed E-state index contributed by atoms with van der Waals surface area (Å²) in [4.78, 5) is 10.9. The highest BCUT2D eigenvalue weighted by atomic mass is 35.5. The summed E-state index contributed by atoms with van der Waals surface area (Å²) in [5.74, 6) is -0.0951. The fraction of sp³-hybridized carbons (Fsp3) is 0.938. The van der Waals surface area contributed by atoms with E-state index >= 15 is 0 Å². The number of alkyl halides is 1. The van der Waals surface area contributed by atoms with Gasteiger partial charge in [-0.3, -0.25) is 4.79 Å². The Bertz CT molecular complexity index is 207. The topological polar surface area (TPSA) is 26.3 Å². The lowest BCUT2D eigenvalue weighted by atomic mass is 10.0. The zero-order valence-corrected chi connectivity index (χ0v) is 13.5. The molecule has 0 aromatic carbocycles. The molecule has 0 saturated carbocycles. The first-order valence-corrected chi connectivity index (χ1v) is 8.35. The Morgan fingerprint density at radius 2 is 1.47 bits per heavy atom. The number of hydrogen-bond donors (Lipinski definition) is 0. The van der Waals surface area contributed by atoms with Crippen LogP contribution >= 0.6 is 11.6 Å². The van der Waals surface area contributed by atoms with Gasteiger partial charge in [-0.2, -0.15) is 0 Å². The minimum Gasteiger partial charge on any atom is -0.469 e. The van der Waals surface area contributed by atoms with E-state index in [0.717, 1.165) is 25.7 Å². The summed E-state index contributed by atoms with van der Waals surface area (Å²) in [6.07, 6.45) is 13.9. The second-order valence-electron chi connectivity index (χ2n) is 5.33. The SMILES string of the molecule is CCCCCCCC(Cl)CCCCCCC(=O)OC. The maximum atomic E-state index is 10.9. The molecule has 0 aliphatic heterocycles. The van der Waals surface area contributed by atoms with Crippen LogP contribution in [-0.2, 0) is 9.53 Å². The fourth-order valence-electron chi connectivity index (χ4n) is 2.20. The monoisotopic (exact) mass is 290 g/mol. The standard InChI is InChI=1S/C16H31ClO2/c1-3-4-5-6-9-12-15(17)13-10-7-8-11-14-16(18)19-2/h15H,3-14H2,1-2H3. The molecule has 1 unspecified atom stereocenters. The number of hydrogen-bond acceptors (Lipinski definition) is 2. The molecular formula is C16H31ClO2. The van der Waals surface area contributed by atoms with Crippen LogP contribution in [0.2, 0.25) is 0 Å². The van der Waals surface area contributed by atoms with Crippen LogP contribution < -0.4 is 0 Å². The van der Waals surface area contributed by atoms with E-state index in [1.807, 2.05) is 0 Å². The fourth-order valence-corrected chi connectivity index (χ4v) is 2.51. The molecule has 0 aromatic rings. The molecule has 0 aliphatic carbocycles. The lowest BCUT2D eigenvalue weighted by molar-refractivity contribution is -0.140. The van der Waals surface area contributed by atoms with Crippen molar-refractivity contribution >= 4 is 17.6 Å². The van der Waals surface area contributed by atoms with Gasteiger partial charge in [-0.05, 0) is 19.3 Å². The van der Waals surface area contributed by atoms with E-state index < -0.39 is 0 Å². The third kappa shape index (κ3) is 14.0. The van der Waals surface area contributed by atoms with Crippen molar-refractivity contribution in [3.05, 3.63) is 0 Å². The van der Waals surface area contributed by atoms with Crippen molar-refractivity contribution in [2.24, 2.45) is 0 Å². The Morgan fingerprint density at radius 3 is 2.00 bits per heavy atom. The minimum atomic E-state index is -0.0951. The van der Waals surface area contributed by atoms with Crippen molar-refractivity contribution in [2.75, 3.05) is 7.11 Å².